The molecule has 34 heavy (non-hydrogen) atoms. The summed E-state index contributed by atoms with van der Waals surface area (Å²) in [6.45, 7) is -0.265. The fraction of sp³-hybridized carbons (Fsp3) is 0.185. The van der Waals surface area contributed by atoms with Crippen molar-refractivity contribution in [2.75, 3.05) is 0 Å². The predicted octanol–water partition coefficient (Wildman–Crippen LogP) is 5.99. The summed E-state index contributed by atoms with van der Waals surface area (Å²) in [7, 11) is 0. The maximum atomic E-state index is 13.1. The Balaban J connectivity index is 1.90. The van der Waals surface area contributed by atoms with Crippen molar-refractivity contribution in [2.45, 2.75) is 25.3 Å². The van der Waals surface area contributed by atoms with Crippen LogP contribution in [0, 0.1) is 5.92 Å². The molecule has 0 unspecified atom stereocenters. The molecule has 7 heteroatoms. The molecule has 4 nitrogen and oxygen atoms in total. The molecule has 0 bridgehead atoms. The van der Waals surface area contributed by atoms with Crippen LogP contribution in [0.1, 0.15) is 22.6 Å². The SMILES string of the molecule is O=C(OCc1ccccc1)C(C(=O)OCc1ccccc1)[C@@H](/C=C/C(F)(F)F)c1ccccc1. The van der Waals surface area contributed by atoms with Gasteiger partial charge in [0.25, 0.3) is 0 Å². The molecule has 0 fully saturated rings. The third-order valence-corrected chi connectivity index (χ3v) is 4.99. The molecule has 0 radical (unpaired) electrons. The maximum Gasteiger partial charge on any atom is 0.409 e. The van der Waals surface area contributed by atoms with Crippen molar-refractivity contribution in [3.8, 4) is 0 Å². The van der Waals surface area contributed by atoms with E-state index in [2.05, 4.69) is 0 Å². The van der Waals surface area contributed by atoms with E-state index in [1.54, 1.807) is 91.0 Å². The van der Waals surface area contributed by atoms with Crippen LogP contribution in [0.3, 0.4) is 0 Å². The summed E-state index contributed by atoms with van der Waals surface area (Å²) < 4.78 is 49.7. The first kappa shape index (κ1) is 24.8. The molecule has 0 aliphatic carbocycles. The number of allylic oxidation sites excluding steroid dienone is 2. The Morgan fingerprint density at radius 1 is 0.706 bits per heavy atom. The molecule has 3 aromatic rings. The summed E-state index contributed by atoms with van der Waals surface area (Å²) in [5.74, 6) is -4.81. The number of halogens is 3. The molecular weight excluding hydrogens is 445 g/mol. The smallest absolute Gasteiger partial charge is 0.409 e. The lowest BCUT2D eigenvalue weighted by Crippen LogP contribution is -2.33. The lowest BCUT2D eigenvalue weighted by Gasteiger charge is -2.23. The van der Waals surface area contributed by atoms with E-state index in [0.29, 0.717) is 16.7 Å². The monoisotopic (exact) mass is 468 g/mol. The highest BCUT2D eigenvalue weighted by molar-refractivity contribution is 5.96. The van der Waals surface area contributed by atoms with Crippen LogP contribution in [0.2, 0.25) is 0 Å². The first-order valence-corrected chi connectivity index (χ1v) is 10.6. The van der Waals surface area contributed by atoms with Crippen molar-refractivity contribution >= 4 is 11.9 Å². The van der Waals surface area contributed by atoms with Gasteiger partial charge in [0.1, 0.15) is 13.2 Å². The minimum Gasteiger partial charge on any atom is -0.460 e. The quantitative estimate of drug-likeness (QED) is 0.220. The minimum absolute atomic E-state index is 0.0205. The Kier molecular flexibility index (Phi) is 8.62. The van der Waals surface area contributed by atoms with Gasteiger partial charge in [0, 0.05) is 12.0 Å². The number of hydrogen-bond donors (Lipinski definition) is 0. The van der Waals surface area contributed by atoms with E-state index in [9.17, 15) is 22.8 Å². The predicted molar refractivity (Wildman–Crippen MR) is 120 cm³/mol. The van der Waals surface area contributed by atoms with Crippen LogP contribution in [-0.2, 0) is 32.3 Å². The molecule has 0 saturated heterocycles. The van der Waals surface area contributed by atoms with Gasteiger partial charge in [0.05, 0.1) is 0 Å². The molecule has 0 N–H and O–H groups in total. The molecule has 3 rings (SSSR count). The number of benzene rings is 3. The fourth-order valence-corrected chi connectivity index (χ4v) is 3.33. The largest absolute Gasteiger partial charge is 0.460 e. The molecule has 0 aliphatic heterocycles. The summed E-state index contributed by atoms with van der Waals surface area (Å²) >= 11 is 0. The van der Waals surface area contributed by atoms with Crippen LogP contribution in [0.15, 0.2) is 103 Å². The summed E-state index contributed by atoms with van der Waals surface area (Å²) in [4.78, 5) is 26.1. The number of carbonyl (C=O) groups excluding carboxylic acids is 2. The second kappa shape index (κ2) is 11.8. The molecular formula is C27H23F3O4. The highest BCUT2D eigenvalue weighted by Crippen LogP contribution is 2.31. The number of ether oxygens (including phenoxy) is 2. The molecule has 3 aromatic carbocycles. The highest BCUT2D eigenvalue weighted by Gasteiger charge is 2.38. The molecule has 0 spiro atoms. The van der Waals surface area contributed by atoms with Gasteiger partial charge < -0.3 is 9.47 Å². The zero-order valence-corrected chi connectivity index (χ0v) is 18.2. The molecule has 0 aliphatic rings. The Labute approximate surface area is 195 Å². The Hall–Kier alpha value is -3.87. The van der Waals surface area contributed by atoms with Crippen LogP contribution in [0.25, 0.3) is 0 Å². The van der Waals surface area contributed by atoms with Gasteiger partial charge in [-0.1, -0.05) is 97.1 Å². The average Bonchev–Trinajstić information content (AvgIpc) is 2.85. The molecule has 0 amide bonds. The second-order valence-corrected chi connectivity index (χ2v) is 7.50. The lowest BCUT2D eigenvalue weighted by molar-refractivity contribution is -0.164. The van der Waals surface area contributed by atoms with Gasteiger partial charge in [-0.2, -0.15) is 13.2 Å². The topological polar surface area (TPSA) is 52.6 Å². The van der Waals surface area contributed by atoms with Crippen molar-refractivity contribution in [3.05, 3.63) is 120 Å². The standard InChI is InChI=1S/C27H23F3O4/c28-27(29,30)17-16-23(22-14-8-3-9-15-22)24(25(31)33-18-20-10-4-1-5-11-20)26(32)34-19-21-12-6-2-7-13-21/h1-17,23-24H,18-19H2/b17-16+/t23-/m0/s1. The van der Waals surface area contributed by atoms with Gasteiger partial charge in [-0.15, -0.1) is 0 Å². The van der Waals surface area contributed by atoms with Crippen LogP contribution in [0.5, 0.6) is 0 Å². The van der Waals surface area contributed by atoms with E-state index in [-0.39, 0.29) is 19.3 Å². The number of rotatable bonds is 9. The zero-order valence-electron chi connectivity index (χ0n) is 18.2. The summed E-state index contributed by atoms with van der Waals surface area (Å²) in [5, 5.41) is 0. The van der Waals surface area contributed by atoms with Crippen LogP contribution >= 0.6 is 0 Å². The van der Waals surface area contributed by atoms with E-state index in [1.165, 1.54) is 0 Å². The van der Waals surface area contributed by atoms with Gasteiger partial charge >= 0.3 is 18.1 Å². The number of esters is 2. The zero-order chi connectivity index (χ0) is 24.4. The van der Waals surface area contributed by atoms with Gasteiger partial charge in [0.15, 0.2) is 5.92 Å². The first-order chi connectivity index (χ1) is 16.3. The lowest BCUT2D eigenvalue weighted by atomic mass is 9.85. The van der Waals surface area contributed by atoms with Crippen molar-refractivity contribution in [1.82, 2.24) is 0 Å². The molecule has 176 valence electrons. The van der Waals surface area contributed by atoms with E-state index in [1.807, 2.05) is 0 Å². The number of alkyl halides is 3. The van der Waals surface area contributed by atoms with Crippen molar-refractivity contribution in [3.63, 3.8) is 0 Å². The van der Waals surface area contributed by atoms with Gasteiger partial charge in [-0.05, 0) is 16.7 Å². The van der Waals surface area contributed by atoms with E-state index in [0.717, 1.165) is 6.08 Å². The fourth-order valence-electron chi connectivity index (χ4n) is 3.33. The van der Waals surface area contributed by atoms with Gasteiger partial charge in [-0.25, -0.2) is 0 Å². The summed E-state index contributed by atoms with van der Waals surface area (Å²) in [6.07, 6.45) is -3.81. The van der Waals surface area contributed by atoms with Crippen molar-refractivity contribution in [1.29, 1.82) is 0 Å². The number of carbonyl (C=O) groups is 2. The second-order valence-electron chi connectivity index (χ2n) is 7.50. The first-order valence-electron chi connectivity index (χ1n) is 10.6. The molecule has 1 atom stereocenters. The highest BCUT2D eigenvalue weighted by atomic mass is 19.4. The Morgan fingerprint density at radius 2 is 1.12 bits per heavy atom. The average molecular weight is 468 g/mol. The Morgan fingerprint density at radius 3 is 1.53 bits per heavy atom. The maximum absolute atomic E-state index is 13.1. The Bertz CT molecular complexity index is 1030. The van der Waals surface area contributed by atoms with Crippen LogP contribution in [0.4, 0.5) is 13.2 Å². The number of hydrogen-bond acceptors (Lipinski definition) is 4. The summed E-state index contributed by atoms with van der Waals surface area (Å²) in [6, 6.07) is 25.6. The minimum atomic E-state index is -4.63. The van der Waals surface area contributed by atoms with Crippen molar-refractivity contribution in [2.24, 2.45) is 5.92 Å². The van der Waals surface area contributed by atoms with Gasteiger partial charge in [0.2, 0.25) is 0 Å². The van der Waals surface area contributed by atoms with E-state index < -0.39 is 30.0 Å². The van der Waals surface area contributed by atoms with Crippen molar-refractivity contribution < 1.29 is 32.2 Å². The van der Waals surface area contributed by atoms with E-state index >= 15 is 0 Å². The van der Waals surface area contributed by atoms with Gasteiger partial charge in [-0.3, -0.25) is 9.59 Å². The van der Waals surface area contributed by atoms with Crippen LogP contribution in [-0.4, -0.2) is 18.1 Å². The summed E-state index contributed by atoms with van der Waals surface area (Å²) in [5.41, 5.74) is 1.70. The molecule has 0 aromatic heterocycles. The van der Waals surface area contributed by atoms with E-state index in [4.69, 9.17) is 9.47 Å². The third-order valence-electron chi connectivity index (χ3n) is 4.99. The van der Waals surface area contributed by atoms with Crippen LogP contribution < -0.4 is 0 Å². The molecule has 0 heterocycles. The third kappa shape index (κ3) is 7.62. The normalized spacial score (nSPS) is 12.5. The molecule has 0 saturated carbocycles.